The van der Waals surface area contributed by atoms with Crippen molar-refractivity contribution in [3.05, 3.63) is 0 Å². The van der Waals surface area contributed by atoms with Crippen molar-refractivity contribution in [3.8, 4) is 0 Å². The van der Waals surface area contributed by atoms with Crippen molar-refractivity contribution in [1.82, 2.24) is 0 Å². The quantitative estimate of drug-likeness (QED) is 0.650. The summed E-state index contributed by atoms with van der Waals surface area (Å²) in [6, 6.07) is 0. The summed E-state index contributed by atoms with van der Waals surface area (Å²) in [4.78, 5) is 0. The van der Waals surface area contributed by atoms with Crippen LogP contribution >= 0.6 is 0 Å². The summed E-state index contributed by atoms with van der Waals surface area (Å²) < 4.78 is 5.15. The SMILES string of the molecule is CC.CCC1CCC(COC)CC1. The molecule has 1 heteroatoms. The van der Waals surface area contributed by atoms with Gasteiger partial charge in [-0.2, -0.15) is 0 Å². The largest absolute Gasteiger partial charge is 0.384 e. The smallest absolute Gasteiger partial charge is 0.0490 e. The van der Waals surface area contributed by atoms with Gasteiger partial charge >= 0.3 is 0 Å². The molecular formula is C12H26O. The Morgan fingerprint density at radius 2 is 1.46 bits per heavy atom. The molecule has 1 aliphatic rings. The Bertz CT molecular complexity index is 93.3. The van der Waals surface area contributed by atoms with Crippen LogP contribution in [0.5, 0.6) is 0 Å². The van der Waals surface area contributed by atoms with Gasteiger partial charge in [0.25, 0.3) is 0 Å². The Morgan fingerprint density at radius 3 is 1.85 bits per heavy atom. The van der Waals surface area contributed by atoms with Crippen molar-refractivity contribution in [3.63, 3.8) is 0 Å². The highest BCUT2D eigenvalue weighted by atomic mass is 16.5. The summed E-state index contributed by atoms with van der Waals surface area (Å²) in [6.45, 7) is 7.29. The minimum Gasteiger partial charge on any atom is -0.384 e. The third-order valence-electron chi connectivity index (χ3n) is 2.95. The summed E-state index contributed by atoms with van der Waals surface area (Å²) in [6.07, 6.45) is 7.04. The fraction of sp³-hybridized carbons (Fsp3) is 1.00. The first-order chi connectivity index (χ1) is 6.36. The summed E-state index contributed by atoms with van der Waals surface area (Å²) in [5.74, 6) is 1.88. The van der Waals surface area contributed by atoms with Crippen molar-refractivity contribution in [2.24, 2.45) is 11.8 Å². The minimum absolute atomic E-state index is 0.864. The summed E-state index contributed by atoms with van der Waals surface area (Å²) in [5.41, 5.74) is 0. The van der Waals surface area contributed by atoms with Crippen molar-refractivity contribution in [2.45, 2.75) is 52.9 Å². The van der Waals surface area contributed by atoms with E-state index in [0.29, 0.717) is 0 Å². The van der Waals surface area contributed by atoms with Crippen molar-refractivity contribution in [2.75, 3.05) is 13.7 Å². The normalized spacial score (nSPS) is 27.7. The van der Waals surface area contributed by atoms with Crippen LogP contribution in [0, 0.1) is 11.8 Å². The lowest BCUT2D eigenvalue weighted by atomic mass is 9.81. The maximum Gasteiger partial charge on any atom is 0.0490 e. The highest BCUT2D eigenvalue weighted by Gasteiger charge is 2.19. The van der Waals surface area contributed by atoms with Crippen LogP contribution in [-0.4, -0.2) is 13.7 Å². The van der Waals surface area contributed by atoms with Gasteiger partial charge in [-0.1, -0.05) is 40.0 Å². The van der Waals surface area contributed by atoms with Gasteiger partial charge in [0.1, 0.15) is 0 Å². The van der Waals surface area contributed by atoms with E-state index in [-0.39, 0.29) is 0 Å². The van der Waals surface area contributed by atoms with Crippen LogP contribution < -0.4 is 0 Å². The van der Waals surface area contributed by atoms with Crippen molar-refractivity contribution >= 4 is 0 Å². The fourth-order valence-corrected chi connectivity index (χ4v) is 2.04. The van der Waals surface area contributed by atoms with Crippen LogP contribution in [0.1, 0.15) is 52.9 Å². The first-order valence-electron chi connectivity index (χ1n) is 5.85. The molecule has 0 saturated heterocycles. The van der Waals surface area contributed by atoms with Gasteiger partial charge in [-0.25, -0.2) is 0 Å². The molecule has 0 aromatic heterocycles. The van der Waals surface area contributed by atoms with E-state index >= 15 is 0 Å². The van der Waals surface area contributed by atoms with Crippen LogP contribution in [0.25, 0.3) is 0 Å². The molecule has 0 radical (unpaired) electrons. The zero-order valence-corrected chi connectivity index (χ0v) is 9.81. The van der Waals surface area contributed by atoms with Gasteiger partial charge in [-0.15, -0.1) is 0 Å². The van der Waals surface area contributed by atoms with Crippen LogP contribution in [0.15, 0.2) is 0 Å². The summed E-state index contributed by atoms with van der Waals surface area (Å²) in [5, 5.41) is 0. The number of hydrogen-bond acceptors (Lipinski definition) is 1. The average molecular weight is 186 g/mol. The predicted molar refractivity (Wildman–Crippen MR) is 59.0 cm³/mol. The van der Waals surface area contributed by atoms with Crippen molar-refractivity contribution < 1.29 is 4.74 Å². The zero-order chi connectivity index (χ0) is 10.1. The molecular weight excluding hydrogens is 160 g/mol. The van der Waals surface area contributed by atoms with E-state index in [1.807, 2.05) is 21.0 Å². The van der Waals surface area contributed by atoms with E-state index in [4.69, 9.17) is 4.74 Å². The maximum absolute atomic E-state index is 5.15. The van der Waals surface area contributed by atoms with Gasteiger partial charge in [0.2, 0.25) is 0 Å². The average Bonchev–Trinajstić information content (AvgIpc) is 2.23. The molecule has 0 aliphatic heterocycles. The van der Waals surface area contributed by atoms with E-state index in [2.05, 4.69) is 6.92 Å². The lowest BCUT2D eigenvalue weighted by Crippen LogP contribution is -2.17. The molecule has 0 bridgehead atoms. The van der Waals surface area contributed by atoms with Crippen LogP contribution in [-0.2, 0) is 4.74 Å². The molecule has 0 aromatic rings. The molecule has 0 unspecified atom stereocenters. The van der Waals surface area contributed by atoms with Gasteiger partial charge in [0.15, 0.2) is 0 Å². The number of hydrogen-bond donors (Lipinski definition) is 0. The highest BCUT2D eigenvalue weighted by Crippen LogP contribution is 2.30. The molecule has 0 aromatic carbocycles. The zero-order valence-electron chi connectivity index (χ0n) is 9.81. The molecule has 80 valence electrons. The first kappa shape index (κ1) is 13.0. The van der Waals surface area contributed by atoms with Crippen LogP contribution in [0.2, 0.25) is 0 Å². The standard InChI is InChI=1S/C10H20O.C2H6/c1-3-9-4-6-10(7-5-9)8-11-2;1-2/h9-10H,3-8H2,1-2H3;1-2H3. The topological polar surface area (TPSA) is 9.23 Å². The van der Waals surface area contributed by atoms with E-state index in [9.17, 15) is 0 Å². The molecule has 1 fully saturated rings. The number of ether oxygens (including phenoxy) is 1. The van der Waals surface area contributed by atoms with Crippen molar-refractivity contribution in [1.29, 1.82) is 0 Å². The Hall–Kier alpha value is -0.0400. The first-order valence-corrected chi connectivity index (χ1v) is 5.85. The molecule has 0 N–H and O–H groups in total. The number of methoxy groups -OCH3 is 1. The molecule has 0 spiro atoms. The Labute approximate surface area is 83.9 Å². The third kappa shape index (κ3) is 5.30. The van der Waals surface area contributed by atoms with Gasteiger partial charge < -0.3 is 4.74 Å². The lowest BCUT2D eigenvalue weighted by Gasteiger charge is -2.26. The predicted octanol–water partition coefficient (Wildman–Crippen LogP) is 3.88. The van der Waals surface area contributed by atoms with Gasteiger partial charge in [-0.05, 0) is 24.7 Å². The second kappa shape index (κ2) is 8.55. The molecule has 1 saturated carbocycles. The second-order valence-electron chi connectivity index (χ2n) is 3.75. The van der Waals surface area contributed by atoms with Gasteiger partial charge in [-0.3, -0.25) is 0 Å². The summed E-state index contributed by atoms with van der Waals surface area (Å²) in [7, 11) is 1.81. The van der Waals surface area contributed by atoms with E-state index in [1.54, 1.807) is 0 Å². The third-order valence-corrected chi connectivity index (χ3v) is 2.95. The lowest BCUT2D eigenvalue weighted by molar-refractivity contribution is 0.118. The second-order valence-corrected chi connectivity index (χ2v) is 3.75. The molecule has 1 nitrogen and oxygen atoms in total. The fourth-order valence-electron chi connectivity index (χ4n) is 2.04. The Kier molecular flexibility index (Phi) is 8.53. The van der Waals surface area contributed by atoms with Gasteiger partial charge in [0.05, 0.1) is 0 Å². The molecule has 0 atom stereocenters. The Morgan fingerprint density at radius 1 is 1.00 bits per heavy atom. The van der Waals surface area contributed by atoms with Crippen LogP contribution in [0.3, 0.4) is 0 Å². The monoisotopic (exact) mass is 186 g/mol. The Balaban J connectivity index is 0.000000671. The van der Waals surface area contributed by atoms with E-state index < -0.39 is 0 Å². The molecule has 1 rings (SSSR count). The highest BCUT2D eigenvalue weighted by molar-refractivity contribution is 4.71. The summed E-state index contributed by atoms with van der Waals surface area (Å²) >= 11 is 0. The maximum atomic E-state index is 5.15. The molecule has 13 heavy (non-hydrogen) atoms. The number of rotatable bonds is 3. The molecule has 1 aliphatic carbocycles. The van der Waals surface area contributed by atoms with E-state index in [1.165, 1.54) is 32.1 Å². The van der Waals surface area contributed by atoms with E-state index in [0.717, 1.165) is 18.4 Å². The minimum atomic E-state index is 0.864. The van der Waals surface area contributed by atoms with Gasteiger partial charge in [0, 0.05) is 13.7 Å². The molecule has 0 heterocycles. The van der Waals surface area contributed by atoms with Crippen LogP contribution in [0.4, 0.5) is 0 Å². The molecule has 0 amide bonds.